The van der Waals surface area contributed by atoms with Crippen molar-refractivity contribution in [1.82, 2.24) is 9.97 Å². The molecule has 0 saturated carbocycles. The molecule has 1 atom stereocenters. The zero-order valence-electron chi connectivity index (χ0n) is 15.5. The number of hydrogen-bond acceptors (Lipinski definition) is 6. The molecule has 0 spiro atoms. The molecule has 1 fully saturated rings. The van der Waals surface area contributed by atoms with E-state index in [1.165, 1.54) is 6.42 Å². The fraction of sp³-hybridized carbons (Fsp3) is 0.368. The van der Waals surface area contributed by atoms with Crippen LogP contribution >= 0.6 is 23.2 Å². The Morgan fingerprint density at radius 3 is 2.66 bits per heavy atom. The number of nitrogens with one attached hydrogen (secondary N) is 2. The molecule has 29 heavy (non-hydrogen) atoms. The maximum absolute atomic E-state index is 12.9. The van der Waals surface area contributed by atoms with Gasteiger partial charge < -0.3 is 21.3 Å². The molecule has 0 aliphatic carbocycles. The minimum atomic E-state index is -0.802. The standard InChI is InChI=1S/C19H20Cl2N6O2/c20-12-5-4-10(8-13(12)21)23-18(29)11-9-14(28)24-17-15(11)16(22)25-19(26-17)27-6-2-1-3-7-27/h4-5,8,11H,1-3,6-7,9H2,(H,23,29)(H3,22,24,25,26,28)/t11-/m1/s1. The van der Waals surface area contributed by atoms with Crippen molar-refractivity contribution in [3.63, 3.8) is 0 Å². The Morgan fingerprint density at radius 2 is 1.93 bits per heavy atom. The van der Waals surface area contributed by atoms with E-state index in [4.69, 9.17) is 28.9 Å². The van der Waals surface area contributed by atoms with Gasteiger partial charge in [0.1, 0.15) is 11.6 Å². The first kappa shape index (κ1) is 19.7. The molecule has 10 heteroatoms. The predicted molar refractivity (Wildman–Crippen MR) is 114 cm³/mol. The highest BCUT2D eigenvalue weighted by Crippen LogP contribution is 2.37. The third-order valence-electron chi connectivity index (χ3n) is 5.10. The number of aromatic nitrogens is 2. The van der Waals surface area contributed by atoms with Gasteiger partial charge >= 0.3 is 0 Å². The van der Waals surface area contributed by atoms with Gasteiger partial charge in [0.05, 0.1) is 21.5 Å². The number of nitrogen functional groups attached to an aromatic ring is 1. The van der Waals surface area contributed by atoms with Crippen molar-refractivity contribution in [1.29, 1.82) is 0 Å². The zero-order valence-corrected chi connectivity index (χ0v) is 17.1. The third kappa shape index (κ3) is 4.09. The van der Waals surface area contributed by atoms with Crippen LogP contribution in [0.15, 0.2) is 18.2 Å². The Hall–Kier alpha value is -2.58. The quantitative estimate of drug-likeness (QED) is 0.681. The van der Waals surface area contributed by atoms with Crippen molar-refractivity contribution >= 4 is 58.3 Å². The molecule has 2 aliphatic heterocycles. The van der Waals surface area contributed by atoms with E-state index in [2.05, 4.69) is 20.6 Å². The minimum absolute atomic E-state index is 0.0449. The van der Waals surface area contributed by atoms with Gasteiger partial charge in [-0.05, 0) is 37.5 Å². The van der Waals surface area contributed by atoms with E-state index in [-0.39, 0.29) is 24.1 Å². The SMILES string of the molecule is Nc1nc(N2CCCCC2)nc2c1[C@H](C(=O)Nc1ccc(Cl)c(Cl)c1)CC(=O)N2. The van der Waals surface area contributed by atoms with Crippen LogP contribution in [0, 0.1) is 0 Å². The number of nitrogens with zero attached hydrogens (tertiary/aromatic N) is 3. The van der Waals surface area contributed by atoms with Crippen LogP contribution in [0.25, 0.3) is 0 Å². The third-order valence-corrected chi connectivity index (χ3v) is 5.84. The highest BCUT2D eigenvalue weighted by atomic mass is 35.5. The molecule has 1 aromatic heterocycles. The lowest BCUT2D eigenvalue weighted by atomic mass is 9.92. The van der Waals surface area contributed by atoms with Crippen molar-refractivity contribution in [2.75, 3.05) is 34.4 Å². The minimum Gasteiger partial charge on any atom is -0.383 e. The van der Waals surface area contributed by atoms with Gasteiger partial charge in [0.15, 0.2) is 0 Å². The summed E-state index contributed by atoms with van der Waals surface area (Å²) in [6.45, 7) is 1.68. The van der Waals surface area contributed by atoms with Crippen molar-refractivity contribution in [3.8, 4) is 0 Å². The molecule has 3 heterocycles. The number of benzene rings is 1. The van der Waals surface area contributed by atoms with Gasteiger partial charge in [-0.2, -0.15) is 9.97 Å². The second-order valence-corrected chi connectivity index (χ2v) is 7.96. The van der Waals surface area contributed by atoms with Gasteiger partial charge in [0.2, 0.25) is 17.8 Å². The van der Waals surface area contributed by atoms with Crippen molar-refractivity contribution in [3.05, 3.63) is 33.8 Å². The van der Waals surface area contributed by atoms with Crippen LogP contribution in [-0.2, 0) is 9.59 Å². The van der Waals surface area contributed by atoms with E-state index < -0.39 is 5.92 Å². The lowest BCUT2D eigenvalue weighted by Gasteiger charge is -2.30. The smallest absolute Gasteiger partial charge is 0.232 e. The Morgan fingerprint density at radius 1 is 1.17 bits per heavy atom. The van der Waals surface area contributed by atoms with Crippen LogP contribution in [0.1, 0.15) is 37.2 Å². The summed E-state index contributed by atoms with van der Waals surface area (Å²) in [5.74, 6) is -0.515. The summed E-state index contributed by atoms with van der Waals surface area (Å²) in [6, 6.07) is 4.77. The van der Waals surface area contributed by atoms with E-state index in [1.54, 1.807) is 18.2 Å². The van der Waals surface area contributed by atoms with E-state index in [0.29, 0.717) is 33.1 Å². The summed E-state index contributed by atoms with van der Waals surface area (Å²) in [5.41, 5.74) is 7.12. The molecule has 1 saturated heterocycles. The summed E-state index contributed by atoms with van der Waals surface area (Å²) in [4.78, 5) is 36.1. The average molecular weight is 435 g/mol. The molecular weight excluding hydrogens is 415 g/mol. The Balaban J connectivity index is 1.63. The number of carbonyl (C=O) groups is 2. The fourth-order valence-electron chi connectivity index (χ4n) is 3.65. The summed E-state index contributed by atoms with van der Waals surface area (Å²) in [5, 5.41) is 6.20. The van der Waals surface area contributed by atoms with Gasteiger partial charge in [-0.3, -0.25) is 9.59 Å². The average Bonchev–Trinajstić information content (AvgIpc) is 2.70. The number of rotatable bonds is 3. The summed E-state index contributed by atoms with van der Waals surface area (Å²) >= 11 is 11.9. The molecule has 2 aliphatic rings. The molecule has 8 nitrogen and oxygen atoms in total. The molecule has 0 bridgehead atoms. The molecule has 2 aromatic rings. The molecule has 4 N–H and O–H groups in total. The fourth-order valence-corrected chi connectivity index (χ4v) is 3.94. The number of amides is 2. The second kappa shape index (κ2) is 8.04. The van der Waals surface area contributed by atoms with Gasteiger partial charge in [0, 0.05) is 25.2 Å². The number of fused-ring (bicyclic) bond motifs is 1. The van der Waals surface area contributed by atoms with Gasteiger partial charge in [-0.1, -0.05) is 23.2 Å². The van der Waals surface area contributed by atoms with Gasteiger partial charge in [-0.25, -0.2) is 0 Å². The van der Waals surface area contributed by atoms with Gasteiger partial charge in [0.25, 0.3) is 0 Å². The predicted octanol–water partition coefficient (Wildman–Crippen LogP) is 3.42. The van der Waals surface area contributed by atoms with Crippen LogP contribution < -0.4 is 21.3 Å². The Labute approximate surface area is 177 Å². The monoisotopic (exact) mass is 434 g/mol. The van der Waals surface area contributed by atoms with E-state index in [9.17, 15) is 9.59 Å². The molecule has 0 radical (unpaired) electrons. The van der Waals surface area contributed by atoms with Crippen molar-refractivity contribution in [2.24, 2.45) is 0 Å². The Kier molecular flexibility index (Phi) is 5.47. The van der Waals surface area contributed by atoms with Crippen LogP contribution in [-0.4, -0.2) is 34.9 Å². The Bertz CT molecular complexity index is 977. The summed E-state index contributed by atoms with van der Waals surface area (Å²) in [6.07, 6.45) is 3.24. The first-order valence-electron chi connectivity index (χ1n) is 9.40. The molecule has 1 aromatic carbocycles. The first-order chi connectivity index (χ1) is 13.9. The normalized spacial score (nSPS) is 18.8. The van der Waals surface area contributed by atoms with Crippen LogP contribution in [0.5, 0.6) is 0 Å². The molecule has 152 valence electrons. The maximum Gasteiger partial charge on any atom is 0.232 e. The number of anilines is 4. The second-order valence-electron chi connectivity index (χ2n) is 7.14. The highest BCUT2D eigenvalue weighted by Gasteiger charge is 2.35. The maximum atomic E-state index is 12.9. The molecular formula is C19H20Cl2N6O2. The van der Waals surface area contributed by atoms with Crippen LogP contribution in [0.4, 0.5) is 23.3 Å². The number of nitrogens with two attached hydrogens (primary N) is 1. The van der Waals surface area contributed by atoms with E-state index in [0.717, 1.165) is 25.9 Å². The van der Waals surface area contributed by atoms with Crippen molar-refractivity contribution < 1.29 is 9.59 Å². The number of halogens is 2. The first-order valence-corrected chi connectivity index (χ1v) is 10.2. The van der Waals surface area contributed by atoms with Gasteiger partial charge in [-0.15, -0.1) is 0 Å². The lowest BCUT2D eigenvalue weighted by molar-refractivity contribution is -0.123. The molecule has 0 unspecified atom stereocenters. The largest absolute Gasteiger partial charge is 0.383 e. The van der Waals surface area contributed by atoms with E-state index in [1.807, 2.05) is 4.90 Å². The highest BCUT2D eigenvalue weighted by molar-refractivity contribution is 6.42. The molecule has 2 amide bonds. The van der Waals surface area contributed by atoms with Crippen LogP contribution in [0.2, 0.25) is 10.0 Å². The van der Waals surface area contributed by atoms with Crippen LogP contribution in [0.3, 0.4) is 0 Å². The number of hydrogen-bond donors (Lipinski definition) is 3. The number of carbonyl (C=O) groups excluding carboxylic acids is 2. The van der Waals surface area contributed by atoms with E-state index >= 15 is 0 Å². The number of piperidine rings is 1. The lowest BCUT2D eigenvalue weighted by Crippen LogP contribution is -2.35. The van der Waals surface area contributed by atoms with Crippen molar-refractivity contribution in [2.45, 2.75) is 31.6 Å². The summed E-state index contributed by atoms with van der Waals surface area (Å²) in [7, 11) is 0. The topological polar surface area (TPSA) is 113 Å². The zero-order chi connectivity index (χ0) is 20.5. The molecule has 4 rings (SSSR count). The summed E-state index contributed by atoms with van der Waals surface area (Å²) < 4.78 is 0.